The molecule has 1 aliphatic rings. The van der Waals surface area contributed by atoms with Gasteiger partial charge in [0.1, 0.15) is 42.9 Å². The molecule has 1 saturated heterocycles. The molecule has 0 aromatic rings. The predicted octanol–water partition coefficient (Wildman–Crippen LogP) is -2.34. The van der Waals surface area contributed by atoms with Crippen LogP contribution in [0.4, 0.5) is 0 Å². The van der Waals surface area contributed by atoms with Crippen molar-refractivity contribution in [1.82, 2.24) is 0 Å². The molecule has 8 N–H and O–H groups in total. The number of carboxylic acid groups (broad SMARTS) is 3. The number of aliphatic hydroxyl groups excluding tert-OH is 2. The molecule has 1 fully saturated rings. The van der Waals surface area contributed by atoms with E-state index in [2.05, 4.69) is 9.05 Å². The number of carbonyl (C=O) groups is 3. The van der Waals surface area contributed by atoms with E-state index < -0.39 is 96.5 Å². The van der Waals surface area contributed by atoms with Crippen molar-refractivity contribution in [3.05, 3.63) is 0 Å². The molecule has 33 heavy (non-hydrogen) atoms. The van der Waals surface area contributed by atoms with Crippen molar-refractivity contribution in [2.45, 2.75) is 30.7 Å². The maximum Gasteiger partial charge on any atom is 0.339 e. The highest BCUT2D eigenvalue weighted by Gasteiger charge is 2.54. The van der Waals surface area contributed by atoms with E-state index in [0.717, 1.165) is 0 Å². The van der Waals surface area contributed by atoms with Crippen LogP contribution in [0, 0.1) is 0 Å². The van der Waals surface area contributed by atoms with Crippen LogP contribution >= 0.6 is 22.8 Å². The Morgan fingerprint density at radius 3 is 1.36 bits per heavy atom. The number of aliphatic carboxylic acids is 3. The van der Waals surface area contributed by atoms with Gasteiger partial charge >= 0.3 is 40.7 Å². The first-order valence-corrected chi connectivity index (χ1v) is 13.8. The van der Waals surface area contributed by atoms with Crippen molar-refractivity contribution < 1.29 is 86.6 Å². The Kier molecular flexibility index (Phi) is 10.3. The summed E-state index contributed by atoms with van der Waals surface area (Å²) in [5.41, 5.74) is 0. The van der Waals surface area contributed by atoms with Crippen molar-refractivity contribution in [3.8, 4) is 0 Å². The van der Waals surface area contributed by atoms with Crippen LogP contribution in [-0.4, -0.2) is 114 Å². The molecule has 21 heteroatoms. The molecular formula is C12H21O18P3. The lowest BCUT2D eigenvalue weighted by Gasteiger charge is -2.44. The van der Waals surface area contributed by atoms with Gasteiger partial charge in [0.2, 0.25) is 0 Å². The van der Waals surface area contributed by atoms with Gasteiger partial charge < -0.3 is 44.9 Å². The summed E-state index contributed by atoms with van der Waals surface area (Å²) >= 11 is 0. The largest absolute Gasteiger partial charge is 0.481 e. The Balaban J connectivity index is 3.47. The molecule has 4 unspecified atom stereocenters. The number of rotatable bonds is 13. The van der Waals surface area contributed by atoms with Gasteiger partial charge in [0.05, 0.1) is 6.61 Å². The van der Waals surface area contributed by atoms with Crippen LogP contribution in [0.25, 0.3) is 0 Å². The number of hydrogen-bond acceptors (Lipinski definition) is 12. The van der Waals surface area contributed by atoms with Gasteiger partial charge in [0, 0.05) is 0 Å². The van der Waals surface area contributed by atoms with Crippen LogP contribution in [0.5, 0.6) is 0 Å². The molecule has 0 aliphatic carbocycles. The second-order valence-corrected chi connectivity index (χ2v) is 11.9. The monoisotopic (exact) mass is 546 g/mol. The number of hydrogen-bond donors (Lipinski definition) is 8. The smallest absolute Gasteiger partial charge is 0.339 e. The summed E-state index contributed by atoms with van der Waals surface area (Å²) in [6.45, 7) is -1.16. The standard InChI is InChI=1S/C12H21O18P3/c13-1-5-9(28-31(21,22)2-6(14)15)10(29-32(23,24)3-7(16)17)11(12(20)27-5)30-33(25,26)4-8(18)19/h5,9-13,20H,1-4H2,(H,14,15)(H,16,17)(H,18,19)(H,21,22)(H,23,24)(H,25,26)/t5-,9-,10+,11+,12?/m1/s1. The molecule has 192 valence electrons. The van der Waals surface area contributed by atoms with Gasteiger partial charge in [0.15, 0.2) is 6.29 Å². The Hall–Kier alpha value is -1.26. The first-order chi connectivity index (χ1) is 14.9. The average molecular weight is 546 g/mol. The molecule has 18 nitrogen and oxygen atoms in total. The minimum Gasteiger partial charge on any atom is -0.481 e. The second kappa shape index (κ2) is 11.4. The van der Waals surface area contributed by atoms with Gasteiger partial charge in [0.25, 0.3) is 0 Å². The van der Waals surface area contributed by atoms with Crippen molar-refractivity contribution in [2.24, 2.45) is 0 Å². The zero-order chi connectivity index (χ0) is 25.8. The third kappa shape index (κ3) is 9.86. The highest BCUT2D eigenvalue weighted by molar-refractivity contribution is 7.54. The third-order valence-electron chi connectivity index (χ3n) is 3.65. The first-order valence-electron chi connectivity index (χ1n) is 8.48. The fourth-order valence-electron chi connectivity index (χ4n) is 2.60. The van der Waals surface area contributed by atoms with E-state index in [9.17, 15) is 53.0 Å². The first kappa shape index (κ1) is 29.8. The summed E-state index contributed by atoms with van der Waals surface area (Å²) in [4.78, 5) is 61.6. The number of carboxylic acids is 3. The van der Waals surface area contributed by atoms with E-state index in [1.54, 1.807) is 0 Å². The normalized spacial score (nSPS) is 31.0. The topological polar surface area (TPSA) is 301 Å². The van der Waals surface area contributed by atoms with Gasteiger partial charge in [-0.05, 0) is 0 Å². The summed E-state index contributed by atoms with van der Waals surface area (Å²) in [5, 5.41) is 45.7. The molecule has 0 bridgehead atoms. The molecule has 0 spiro atoms. The van der Waals surface area contributed by atoms with Crippen LogP contribution in [-0.2, 0) is 46.4 Å². The van der Waals surface area contributed by atoms with Crippen LogP contribution in [0.1, 0.15) is 0 Å². The SMILES string of the molecule is O=C(O)CP(=O)(O)O[C@H]1[C@H](OP(=O)(O)CC(=O)O)[C@@H](CO)OC(O)[C@H]1OP(=O)(O)CC(=O)O. The zero-order valence-electron chi connectivity index (χ0n) is 16.2. The molecule has 8 atom stereocenters. The quantitative estimate of drug-likeness (QED) is 0.112. The fraction of sp³-hybridized carbons (Fsp3) is 0.750. The zero-order valence-corrected chi connectivity index (χ0v) is 18.9. The van der Waals surface area contributed by atoms with Gasteiger partial charge in [-0.3, -0.25) is 41.6 Å². The van der Waals surface area contributed by atoms with Crippen molar-refractivity contribution in [1.29, 1.82) is 0 Å². The van der Waals surface area contributed by atoms with Crippen LogP contribution < -0.4 is 0 Å². The van der Waals surface area contributed by atoms with Gasteiger partial charge in [-0.25, -0.2) is 0 Å². The van der Waals surface area contributed by atoms with Crippen LogP contribution in [0.15, 0.2) is 0 Å². The number of aliphatic hydroxyl groups is 2. The van der Waals surface area contributed by atoms with E-state index in [1.165, 1.54) is 0 Å². The lowest BCUT2D eigenvalue weighted by Crippen LogP contribution is -2.60. The summed E-state index contributed by atoms with van der Waals surface area (Å²) in [5.74, 6) is -5.58. The van der Waals surface area contributed by atoms with Crippen molar-refractivity contribution >= 4 is 40.7 Å². The van der Waals surface area contributed by atoms with Crippen molar-refractivity contribution in [2.75, 3.05) is 25.1 Å². The summed E-state index contributed by atoms with van der Waals surface area (Å²) in [7, 11) is -15.5. The van der Waals surface area contributed by atoms with E-state index in [4.69, 9.17) is 24.6 Å². The molecular weight excluding hydrogens is 525 g/mol. The lowest BCUT2D eigenvalue weighted by atomic mass is 9.99. The Labute approximate surface area is 183 Å². The third-order valence-corrected chi connectivity index (χ3v) is 7.38. The highest BCUT2D eigenvalue weighted by Crippen LogP contribution is 2.53. The molecule has 0 radical (unpaired) electrons. The Bertz CT molecular complexity index is 887. The minimum atomic E-state index is -5.22. The highest BCUT2D eigenvalue weighted by atomic mass is 31.2. The summed E-state index contributed by atoms with van der Waals surface area (Å²) in [6, 6.07) is 0. The molecule has 1 heterocycles. The maximum absolute atomic E-state index is 12.2. The second-order valence-electron chi connectivity index (χ2n) is 6.53. The van der Waals surface area contributed by atoms with E-state index in [-0.39, 0.29) is 0 Å². The molecule has 1 aliphatic heterocycles. The molecule has 0 aromatic carbocycles. The lowest BCUT2D eigenvalue weighted by molar-refractivity contribution is -0.273. The Morgan fingerprint density at radius 2 is 1.03 bits per heavy atom. The maximum atomic E-state index is 12.2. The summed E-state index contributed by atoms with van der Waals surface area (Å²) in [6.07, 6.45) is -16.1. The summed E-state index contributed by atoms with van der Waals surface area (Å²) < 4.78 is 55.1. The minimum absolute atomic E-state index is 1.16. The molecule has 0 amide bonds. The van der Waals surface area contributed by atoms with Gasteiger partial charge in [-0.15, -0.1) is 0 Å². The van der Waals surface area contributed by atoms with Gasteiger partial charge in [-0.2, -0.15) is 0 Å². The van der Waals surface area contributed by atoms with E-state index in [0.29, 0.717) is 0 Å². The van der Waals surface area contributed by atoms with E-state index in [1.807, 2.05) is 0 Å². The average Bonchev–Trinajstić information content (AvgIpc) is 2.56. The van der Waals surface area contributed by atoms with Gasteiger partial charge in [-0.1, -0.05) is 0 Å². The molecule has 0 aromatic heterocycles. The van der Waals surface area contributed by atoms with Crippen LogP contribution in [0.2, 0.25) is 0 Å². The van der Waals surface area contributed by atoms with E-state index >= 15 is 0 Å². The van der Waals surface area contributed by atoms with Crippen molar-refractivity contribution in [3.63, 3.8) is 0 Å². The number of ether oxygens (including phenoxy) is 1. The predicted molar refractivity (Wildman–Crippen MR) is 99.6 cm³/mol. The molecule has 1 rings (SSSR count). The Morgan fingerprint density at radius 1 is 0.697 bits per heavy atom. The van der Waals surface area contributed by atoms with Crippen LogP contribution in [0.3, 0.4) is 0 Å². The fourth-order valence-corrected chi connectivity index (χ4v) is 5.71. The molecule has 0 saturated carbocycles.